The van der Waals surface area contributed by atoms with Crippen molar-refractivity contribution < 1.29 is 40.7 Å². The number of aromatic nitrogens is 5. The molecule has 55 heavy (non-hydrogen) atoms. The highest BCUT2D eigenvalue weighted by atomic mass is 35.5. The van der Waals surface area contributed by atoms with Gasteiger partial charge in [0.15, 0.2) is 17.3 Å². The standard InChI is InChI=1S/C36H34ClF6N9O3/c1-33(2,18-44)17-36(22-7-4-20(5-8-22)24-10-13-50(49-24)31(40)41)30(54)51(32(45)48-36)26(16-55-27(53)15-35(11-12-35)34(3,42)43)21-6-9-23(37)25(14-21)52-29(28(38)39)46-19-47-52/h4-10,13-14,19,26,28,31H,11-12,15-17H2,1-3H3,(H2,45,48)/t26-,36-/m1/s1. The molecule has 0 saturated heterocycles. The van der Waals surface area contributed by atoms with Crippen LogP contribution in [0.15, 0.2) is 66.0 Å². The summed E-state index contributed by atoms with van der Waals surface area (Å²) in [5.74, 6) is -6.02. The summed E-state index contributed by atoms with van der Waals surface area (Å²) in [7, 11) is 0. The number of carbonyl (C=O) groups excluding carboxylic acids is 2. The maximum absolute atomic E-state index is 14.9. The molecule has 2 atom stereocenters. The van der Waals surface area contributed by atoms with E-state index in [0.29, 0.717) is 10.2 Å². The van der Waals surface area contributed by atoms with E-state index in [1.54, 1.807) is 13.8 Å². The fourth-order valence-corrected chi connectivity index (χ4v) is 6.93. The van der Waals surface area contributed by atoms with Crippen LogP contribution < -0.4 is 5.73 Å². The Balaban J connectivity index is 1.42. The SMILES string of the molecule is CC(C)(C#N)C[C@]1(c2ccc(-c3ccn(C(F)F)n3)cc2)N=C(N)N([C@H](COC(=O)CC2(C(C)(F)F)CC2)c2ccc(Cl)c(-n3ncnc3C(F)F)c2)C1=O. The van der Waals surface area contributed by atoms with Crippen molar-refractivity contribution in [1.29, 1.82) is 5.26 Å². The summed E-state index contributed by atoms with van der Waals surface area (Å²) >= 11 is 6.43. The quantitative estimate of drug-likeness (QED) is 0.102. The number of esters is 1. The van der Waals surface area contributed by atoms with Crippen LogP contribution in [0.5, 0.6) is 0 Å². The first-order valence-electron chi connectivity index (χ1n) is 16.9. The Morgan fingerprint density at radius 1 is 1.09 bits per heavy atom. The first-order chi connectivity index (χ1) is 25.8. The Morgan fingerprint density at radius 2 is 1.78 bits per heavy atom. The lowest BCUT2D eigenvalue weighted by Crippen LogP contribution is -2.47. The summed E-state index contributed by atoms with van der Waals surface area (Å²) in [6.45, 7) is 0.395. The summed E-state index contributed by atoms with van der Waals surface area (Å²) in [5, 5.41) is 17.8. The van der Waals surface area contributed by atoms with Crippen molar-refractivity contribution in [3.8, 4) is 23.0 Å². The van der Waals surface area contributed by atoms with E-state index in [4.69, 9.17) is 22.1 Å². The van der Waals surface area contributed by atoms with Gasteiger partial charge in [0.2, 0.25) is 0 Å². The fraction of sp³-hybridized carbons (Fsp3) is 0.417. The van der Waals surface area contributed by atoms with Gasteiger partial charge in [-0.25, -0.2) is 36.9 Å². The first-order valence-corrected chi connectivity index (χ1v) is 17.2. The van der Waals surface area contributed by atoms with Crippen molar-refractivity contribution in [2.45, 2.75) is 76.9 Å². The van der Waals surface area contributed by atoms with E-state index >= 15 is 0 Å². The average Bonchev–Trinajstić information content (AvgIpc) is 3.43. The molecular formula is C36H34ClF6N9O3. The minimum absolute atomic E-state index is 0.0364. The smallest absolute Gasteiger partial charge is 0.333 e. The first kappa shape index (κ1) is 39.3. The lowest BCUT2D eigenvalue weighted by atomic mass is 9.75. The van der Waals surface area contributed by atoms with E-state index in [-0.39, 0.29) is 52.8 Å². The number of amides is 1. The number of hydrogen-bond acceptors (Lipinski definition) is 9. The van der Waals surface area contributed by atoms with Crippen LogP contribution in [0.25, 0.3) is 16.9 Å². The van der Waals surface area contributed by atoms with Gasteiger partial charge < -0.3 is 10.5 Å². The molecule has 12 nitrogen and oxygen atoms in total. The topological polar surface area (TPSA) is 157 Å². The maximum atomic E-state index is 14.9. The predicted molar refractivity (Wildman–Crippen MR) is 185 cm³/mol. The molecule has 1 fully saturated rings. The van der Waals surface area contributed by atoms with Crippen LogP contribution in [-0.2, 0) is 19.9 Å². The average molecular weight is 790 g/mol. The molecule has 2 aromatic carbocycles. The molecule has 1 saturated carbocycles. The van der Waals surface area contributed by atoms with E-state index in [0.717, 1.165) is 29.0 Å². The van der Waals surface area contributed by atoms with E-state index in [9.17, 15) is 41.2 Å². The Labute approximate surface area is 315 Å². The molecule has 1 aliphatic heterocycles. The number of hydrogen-bond donors (Lipinski definition) is 1. The molecule has 19 heteroatoms. The summed E-state index contributed by atoms with van der Waals surface area (Å²) in [6.07, 6.45) is -1.65. The zero-order valence-electron chi connectivity index (χ0n) is 29.6. The van der Waals surface area contributed by atoms with Gasteiger partial charge in [0.1, 0.15) is 12.9 Å². The third kappa shape index (κ3) is 7.49. The van der Waals surface area contributed by atoms with Gasteiger partial charge in [-0.1, -0.05) is 41.9 Å². The van der Waals surface area contributed by atoms with Gasteiger partial charge >= 0.3 is 12.5 Å². The molecule has 0 spiro atoms. The molecule has 290 valence electrons. The number of aliphatic imine (C=N–C) groups is 1. The lowest BCUT2D eigenvalue weighted by molar-refractivity contribution is -0.153. The molecule has 2 N–H and O–H groups in total. The summed E-state index contributed by atoms with van der Waals surface area (Å²) < 4.78 is 89.7. The van der Waals surface area contributed by atoms with E-state index in [1.807, 2.05) is 0 Å². The molecule has 6 rings (SSSR count). The van der Waals surface area contributed by atoms with Gasteiger partial charge in [0.05, 0.1) is 40.4 Å². The van der Waals surface area contributed by atoms with Gasteiger partial charge in [-0.05, 0) is 62.9 Å². The summed E-state index contributed by atoms with van der Waals surface area (Å²) in [5.41, 5.74) is 2.89. The number of rotatable bonds is 14. The number of halogens is 7. The van der Waals surface area contributed by atoms with Crippen LogP contribution in [0.1, 0.15) is 82.4 Å². The second kappa shape index (κ2) is 14.3. The fourth-order valence-electron chi connectivity index (χ4n) is 6.73. The van der Waals surface area contributed by atoms with E-state index < -0.39 is 72.0 Å². The number of alkyl halides is 6. The Morgan fingerprint density at radius 3 is 2.36 bits per heavy atom. The number of ether oxygens (including phenoxy) is 1. The highest BCUT2D eigenvalue weighted by Gasteiger charge is 2.60. The molecule has 2 aromatic heterocycles. The number of carbonyl (C=O) groups is 2. The Kier molecular flexibility index (Phi) is 10.2. The molecule has 1 amide bonds. The highest BCUT2D eigenvalue weighted by Crippen LogP contribution is 2.59. The van der Waals surface area contributed by atoms with Crippen LogP contribution in [0.3, 0.4) is 0 Å². The number of guanidine groups is 1. The van der Waals surface area contributed by atoms with E-state index in [2.05, 4.69) is 26.2 Å². The molecule has 4 aromatic rings. The van der Waals surface area contributed by atoms with Crippen LogP contribution in [0, 0.1) is 22.2 Å². The van der Waals surface area contributed by atoms with Gasteiger partial charge in [0, 0.05) is 23.6 Å². The van der Waals surface area contributed by atoms with E-state index in [1.165, 1.54) is 48.5 Å². The van der Waals surface area contributed by atoms with Crippen LogP contribution >= 0.6 is 11.6 Å². The summed E-state index contributed by atoms with van der Waals surface area (Å²) in [4.78, 5) is 37.3. The van der Waals surface area contributed by atoms with Crippen molar-refractivity contribution in [2.24, 2.45) is 21.6 Å². The lowest BCUT2D eigenvalue weighted by Gasteiger charge is -2.34. The van der Waals surface area contributed by atoms with Gasteiger partial charge in [-0.2, -0.15) is 24.2 Å². The van der Waals surface area contributed by atoms with Crippen LogP contribution in [-0.4, -0.2) is 59.8 Å². The van der Waals surface area contributed by atoms with Crippen molar-refractivity contribution in [1.82, 2.24) is 29.4 Å². The van der Waals surface area contributed by atoms with Crippen molar-refractivity contribution in [3.63, 3.8) is 0 Å². The third-order valence-corrected chi connectivity index (χ3v) is 10.2. The van der Waals surface area contributed by atoms with Gasteiger partial charge in [-0.3, -0.25) is 14.5 Å². The van der Waals surface area contributed by atoms with Crippen molar-refractivity contribution in [2.75, 3.05) is 6.61 Å². The Hall–Kier alpha value is -5.44. The number of nitrogens with two attached hydrogens (primary N) is 1. The second-order valence-electron chi connectivity index (χ2n) is 14.3. The molecule has 0 unspecified atom stereocenters. The van der Waals surface area contributed by atoms with Crippen molar-refractivity contribution >= 4 is 29.4 Å². The van der Waals surface area contributed by atoms with Crippen LogP contribution in [0.4, 0.5) is 26.3 Å². The summed E-state index contributed by atoms with van der Waals surface area (Å²) in [6, 6.07) is 12.4. The zero-order chi connectivity index (χ0) is 40.1. The second-order valence-corrected chi connectivity index (χ2v) is 14.7. The molecule has 3 heterocycles. The minimum Gasteiger partial charge on any atom is -0.463 e. The van der Waals surface area contributed by atoms with Gasteiger partial charge in [-0.15, -0.1) is 0 Å². The molecule has 2 aliphatic rings. The predicted octanol–water partition coefficient (Wildman–Crippen LogP) is 7.52. The third-order valence-electron chi connectivity index (χ3n) is 9.93. The monoisotopic (exact) mass is 789 g/mol. The normalized spacial score (nSPS) is 18.8. The number of benzene rings is 2. The largest absolute Gasteiger partial charge is 0.463 e. The van der Waals surface area contributed by atoms with Gasteiger partial charge in [0.25, 0.3) is 18.3 Å². The highest BCUT2D eigenvalue weighted by molar-refractivity contribution is 6.32. The van der Waals surface area contributed by atoms with Crippen molar-refractivity contribution in [3.05, 3.63) is 83.0 Å². The zero-order valence-corrected chi connectivity index (χ0v) is 30.3. The molecule has 1 aliphatic carbocycles. The molecule has 0 bridgehead atoms. The minimum atomic E-state index is -3.16. The number of nitriles is 1. The maximum Gasteiger partial charge on any atom is 0.333 e. The number of nitrogens with zero attached hydrogens (tertiary/aromatic N) is 8. The molecular weight excluding hydrogens is 756 g/mol. The van der Waals surface area contributed by atoms with Crippen LogP contribution in [0.2, 0.25) is 5.02 Å². The Bertz CT molecular complexity index is 2170. The molecule has 0 radical (unpaired) electrons.